The van der Waals surface area contributed by atoms with Crippen LogP contribution in [0.1, 0.15) is 15.9 Å². The number of likely N-dealkylation sites (N-methyl/N-ethyl adjacent to an activating group) is 1. The zero-order valence-corrected chi connectivity index (χ0v) is 23.7. The van der Waals surface area contributed by atoms with Crippen LogP contribution in [0.15, 0.2) is 97.3 Å². The van der Waals surface area contributed by atoms with Crippen molar-refractivity contribution >= 4 is 45.7 Å². The number of alkyl halides is 3. The van der Waals surface area contributed by atoms with Crippen LogP contribution in [0.3, 0.4) is 0 Å². The fourth-order valence-corrected chi connectivity index (χ4v) is 4.39. The minimum atomic E-state index is -4.66. The van der Waals surface area contributed by atoms with Crippen molar-refractivity contribution in [3.05, 3.63) is 108 Å². The maximum absolute atomic E-state index is 13.9. The zero-order chi connectivity index (χ0) is 31.3. The minimum Gasteiger partial charge on any atom is -0.360 e. The first kappa shape index (κ1) is 30.0. The number of hydrogen-bond acceptors (Lipinski definition) is 6. The van der Waals surface area contributed by atoms with E-state index < -0.39 is 17.6 Å². The minimum absolute atomic E-state index is 0.0454. The fourth-order valence-electron chi connectivity index (χ4n) is 4.39. The number of H-pyrrole nitrogens is 1. The van der Waals surface area contributed by atoms with Crippen molar-refractivity contribution in [1.29, 1.82) is 0 Å². The Hall–Kier alpha value is -5.49. The van der Waals surface area contributed by atoms with Gasteiger partial charge in [-0.25, -0.2) is 9.97 Å². The van der Waals surface area contributed by atoms with Crippen LogP contribution in [-0.4, -0.2) is 52.3 Å². The molecule has 0 fully saturated rings. The highest BCUT2D eigenvalue weighted by Gasteiger charge is 2.36. The zero-order valence-electron chi connectivity index (χ0n) is 23.7. The molecule has 2 amide bonds. The summed E-state index contributed by atoms with van der Waals surface area (Å²) >= 11 is 0. The van der Waals surface area contributed by atoms with E-state index in [1.807, 2.05) is 19.0 Å². The molecule has 44 heavy (non-hydrogen) atoms. The van der Waals surface area contributed by atoms with E-state index in [1.165, 1.54) is 12.3 Å². The standard InChI is InChI=1S/C32H28F3N7O2/c1-42(2)16-6-11-28(43)38-21-14-12-20(13-15-21)30(44)39-22-7-5-8-23(17-22)40-31-37-19-26(32(33,34)35)29(41-31)25-18-36-27-10-4-3-9-24(25)27/h3-15,17-19,36H,16H2,1-2H3,(H,38,43)(H,39,44)(H,37,40,41). The van der Waals surface area contributed by atoms with Crippen molar-refractivity contribution in [2.45, 2.75) is 6.18 Å². The summed E-state index contributed by atoms with van der Waals surface area (Å²) in [6, 6.07) is 20.0. The number of aromatic nitrogens is 3. The van der Waals surface area contributed by atoms with Crippen LogP contribution in [0.4, 0.5) is 36.2 Å². The summed E-state index contributed by atoms with van der Waals surface area (Å²) in [5.74, 6) is -0.715. The number of benzene rings is 3. The molecule has 4 N–H and O–H groups in total. The van der Waals surface area contributed by atoms with Crippen molar-refractivity contribution in [1.82, 2.24) is 19.9 Å². The molecule has 0 bridgehead atoms. The average molecular weight is 600 g/mol. The first-order chi connectivity index (χ1) is 21.1. The lowest BCUT2D eigenvalue weighted by molar-refractivity contribution is -0.137. The van der Waals surface area contributed by atoms with Gasteiger partial charge in [0.1, 0.15) is 5.56 Å². The van der Waals surface area contributed by atoms with E-state index in [4.69, 9.17) is 0 Å². The molecule has 0 atom stereocenters. The summed E-state index contributed by atoms with van der Waals surface area (Å²) in [5.41, 5.74) is 1.54. The van der Waals surface area contributed by atoms with Crippen molar-refractivity contribution in [3.63, 3.8) is 0 Å². The third-order valence-electron chi connectivity index (χ3n) is 6.47. The highest BCUT2D eigenvalue weighted by atomic mass is 19.4. The first-order valence-electron chi connectivity index (χ1n) is 13.5. The molecule has 0 unspecified atom stereocenters. The van der Waals surface area contributed by atoms with Crippen LogP contribution in [-0.2, 0) is 11.0 Å². The van der Waals surface area contributed by atoms with Gasteiger partial charge in [-0.2, -0.15) is 13.2 Å². The van der Waals surface area contributed by atoms with E-state index in [9.17, 15) is 22.8 Å². The molecule has 5 rings (SSSR count). The second kappa shape index (κ2) is 12.8. The van der Waals surface area contributed by atoms with Crippen LogP contribution >= 0.6 is 0 Å². The maximum atomic E-state index is 13.9. The number of rotatable bonds is 9. The molecule has 9 nitrogen and oxygen atoms in total. The predicted octanol–water partition coefficient (Wildman–Crippen LogP) is 6.70. The lowest BCUT2D eigenvalue weighted by Gasteiger charge is -2.14. The number of carbonyl (C=O) groups is 2. The third-order valence-corrected chi connectivity index (χ3v) is 6.47. The Morgan fingerprint density at radius 1 is 0.932 bits per heavy atom. The van der Waals surface area contributed by atoms with Crippen LogP contribution in [0.5, 0.6) is 0 Å². The van der Waals surface area contributed by atoms with Crippen LogP contribution in [0.25, 0.3) is 22.2 Å². The van der Waals surface area contributed by atoms with E-state index in [0.717, 1.165) is 6.20 Å². The van der Waals surface area contributed by atoms with Gasteiger partial charge in [-0.05, 0) is 62.6 Å². The van der Waals surface area contributed by atoms with Gasteiger partial charge in [0.2, 0.25) is 11.9 Å². The van der Waals surface area contributed by atoms with Crippen molar-refractivity contribution in [2.75, 3.05) is 36.6 Å². The van der Waals surface area contributed by atoms with Crippen molar-refractivity contribution < 1.29 is 22.8 Å². The molecule has 5 aromatic rings. The lowest BCUT2D eigenvalue weighted by atomic mass is 10.1. The first-order valence-corrected chi connectivity index (χ1v) is 13.5. The number of carbonyl (C=O) groups excluding carboxylic acids is 2. The van der Waals surface area contributed by atoms with Gasteiger partial charge in [0.25, 0.3) is 5.91 Å². The highest BCUT2D eigenvalue weighted by molar-refractivity contribution is 6.05. The van der Waals surface area contributed by atoms with Gasteiger partial charge in [0, 0.05) is 64.1 Å². The van der Waals surface area contributed by atoms with E-state index in [0.29, 0.717) is 45.6 Å². The molecular weight excluding hydrogens is 571 g/mol. The summed E-state index contributed by atoms with van der Waals surface area (Å²) < 4.78 is 41.7. The number of para-hydroxylation sites is 1. The molecule has 0 aliphatic heterocycles. The molecule has 3 aromatic carbocycles. The van der Waals surface area contributed by atoms with Crippen molar-refractivity contribution in [2.24, 2.45) is 0 Å². The monoisotopic (exact) mass is 599 g/mol. The molecule has 0 saturated carbocycles. The van der Waals surface area contributed by atoms with Gasteiger partial charge in [-0.3, -0.25) is 9.59 Å². The van der Waals surface area contributed by atoms with E-state index in [2.05, 4.69) is 30.9 Å². The topological polar surface area (TPSA) is 115 Å². The number of amides is 2. The molecule has 0 aliphatic carbocycles. The lowest BCUT2D eigenvalue weighted by Crippen LogP contribution is -2.14. The van der Waals surface area contributed by atoms with E-state index in [1.54, 1.807) is 78.9 Å². The molecule has 0 saturated heterocycles. The van der Waals surface area contributed by atoms with Crippen LogP contribution in [0.2, 0.25) is 0 Å². The van der Waals surface area contributed by atoms with E-state index >= 15 is 0 Å². The SMILES string of the molecule is CN(C)CC=CC(=O)Nc1ccc(C(=O)Nc2cccc(Nc3ncc(C(F)(F)F)c(-c4c[nH]c5ccccc45)n3)c2)cc1. The highest BCUT2D eigenvalue weighted by Crippen LogP contribution is 2.38. The molecule has 0 spiro atoms. The number of aromatic amines is 1. The Balaban J connectivity index is 1.29. The van der Waals surface area contributed by atoms with Gasteiger partial charge in [0.05, 0.1) is 5.69 Å². The van der Waals surface area contributed by atoms with Crippen molar-refractivity contribution in [3.8, 4) is 11.3 Å². The summed E-state index contributed by atoms with van der Waals surface area (Å²) in [4.78, 5) is 38.0. The number of hydrogen-bond donors (Lipinski definition) is 4. The summed E-state index contributed by atoms with van der Waals surface area (Å²) in [7, 11) is 3.79. The number of halogens is 3. The van der Waals surface area contributed by atoms with Gasteiger partial charge in [-0.15, -0.1) is 0 Å². The number of nitrogens with zero attached hydrogens (tertiary/aromatic N) is 3. The molecule has 2 heterocycles. The second-order valence-electron chi connectivity index (χ2n) is 10.1. The Kier molecular flexibility index (Phi) is 8.72. The Morgan fingerprint density at radius 3 is 2.43 bits per heavy atom. The normalized spacial score (nSPS) is 11.7. The molecule has 224 valence electrons. The fraction of sp³-hybridized carbons (Fsp3) is 0.125. The Morgan fingerprint density at radius 2 is 1.68 bits per heavy atom. The summed E-state index contributed by atoms with van der Waals surface area (Å²) in [5, 5.41) is 9.06. The van der Waals surface area contributed by atoms with Crippen LogP contribution < -0.4 is 16.0 Å². The Labute approximate surface area is 250 Å². The molecule has 0 radical (unpaired) electrons. The number of nitrogens with one attached hydrogen (secondary N) is 4. The van der Waals surface area contributed by atoms with Gasteiger partial charge < -0.3 is 25.8 Å². The second-order valence-corrected chi connectivity index (χ2v) is 10.1. The molecule has 0 aliphatic rings. The summed E-state index contributed by atoms with van der Waals surface area (Å²) in [6.45, 7) is 0.632. The quantitative estimate of drug-likeness (QED) is 0.140. The van der Waals surface area contributed by atoms with Crippen LogP contribution in [0, 0.1) is 0 Å². The largest absolute Gasteiger partial charge is 0.419 e. The maximum Gasteiger partial charge on any atom is 0.419 e. The number of fused-ring (bicyclic) bond motifs is 1. The smallest absolute Gasteiger partial charge is 0.360 e. The van der Waals surface area contributed by atoms with E-state index in [-0.39, 0.29) is 17.5 Å². The summed E-state index contributed by atoms with van der Waals surface area (Å²) in [6.07, 6.45) is 0.770. The predicted molar refractivity (Wildman–Crippen MR) is 165 cm³/mol. The third kappa shape index (κ3) is 7.28. The van der Waals surface area contributed by atoms with Gasteiger partial charge in [0.15, 0.2) is 0 Å². The van der Waals surface area contributed by atoms with Gasteiger partial charge >= 0.3 is 6.18 Å². The molecule has 12 heteroatoms. The number of anilines is 4. The van der Waals surface area contributed by atoms with Gasteiger partial charge in [-0.1, -0.05) is 30.3 Å². The average Bonchev–Trinajstić information content (AvgIpc) is 3.41. The molecule has 2 aromatic heterocycles. The Bertz CT molecular complexity index is 1830. The molecular formula is C32H28F3N7O2.